The van der Waals surface area contributed by atoms with Gasteiger partial charge in [-0.1, -0.05) is 30.3 Å². The number of aromatic nitrogens is 3. The number of nitrogens with zero attached hydrogens (tertiary/aromatic N) is 2. The largest absolute Gasteiger partial charge is 0.476 e. The third kappa shape index (κ3) is 6.57. The van der Waals surface area contributed by atoms with E-state index in [2.05, 4.69) is 36.1 Å². The van der Waals surface area contributed by atoms with Crippen LogP contribution in [-0.2, 0) is 28.9 Å². The van der Waals surface area contributed by atoms with Crippen LogP contribution < -0.4 is 10.4 Å². The number of hydrogen-bond acceptors (Lipinski definition) is 5. The Bertz CT molecular complexity index is 1140. The molecule has 0 amide bonds. The first-order chi connectivity index (χ1) is 15.7. The minimum Gasteiger partial charge on any atom is -0.476 e. The van der Waals surface area contributed by atoms with E-state index in [0.29, 0.717) is 31.1 Å². The number of nitrogens with one attached hydrogen (secondary N) is 1. The molecule has 0 bridgehead atoms. The molecule has 7 heteroatoms. The second kappa shape index (κ2) is 10.5. The van der Waals surface area contributed by atoms with E-state index in [1.807, 2.05) is 30.3 Å². The Hall–Kier alpha value is -3.35. The summed E-state index contributed by atoms with van der Waals surface area (Å²) in [6, 6.07) is 13.9. The number of benzene rings is 2. The zero-order chi connectivity index (χ0) is 24.0. The highest BCUT2D eigenvalue weighted by atomic mass is 16.6. The molecule has 0 unspecified atom stereocenters. The second-order valence-electron chi connectivity index (χ2n) is 8.78. The van der Waals surface area contributed by atoms with Crippen molar-refractivity contribution in [1.29, 1.82) is 0 Å². The van der Waals surface area contributed by atoms with Crippen LogP contribution in [0.1, 0.15) is 55.3 Å². The second-order valence-corrected chi connectivity index (χ2v) is 8.78. The summed E-state index contributed by atoms with van der Waals surface area (Å²) in [7, 11) is 0. The predicted octanol–water partition coefficient (Wildman–Crippen LogP) is 4.13. The predicted molar refractivity (Wildman–Crippen MR) is 128 cm³/mol. The van der Waals surface area contributed by atoms with E-state index in [0.717, 1.165) is 24.0 Å². The number of aryl methyl sites for hydroxylation is 4. The Kier molecular flexibility index (Phi) is 7.74. The van der Waals surface area contributed by atoms with Gasteiger partial charge in [0.25, 0.3) is 0 Å². The zero-order valence-electron chi connectivity index (χ0n) is 20.1. The summed E-state index contributed by atoms with van der Waals surface area (Å²) in [5.74, 6) is 0.922. The molecule has 0 saturated heterocycles. The lowest BCUT2D eigenvalue weighted by Crippen LogP contribution is -2.39. The van der Waals surface area contributed by atoms with Gasteiger partial charge in [0, 0.05) is 6.42 Å². The first kappa shape index (κ1) is 24.3. The van der Waals surface area contributed by atoms with Gasteiger partial charge in [-0.05, 0) is 81.8 Å². The molecule has 3 rings (SSSR count). The van der Waals surface area contributed by atoms with Crippen molar-refractivity contribution in [2.75, 3.05) is 6.61 Å². The van der Waals surface area contributed by atoms with Gasteiger partial charge in [0.1, 0.15) is 11.6 Å². The molecule has 1 aromatic heterocycles. The van der Waals surface area contributed by atoms with Gasteiger partial charge in [-0.15, -0.1) is 0 Å². The maximum Gasteiger partial charge on any atom is 0.349 e. The van der Waals surface area contributed by atoms with Crippen LogP contribution in [-0.4, -0.2) is 32.9 Å². The minimum absolute atomic E-state index is 0.186. The first-order valence-electron chi connectivity index (χ1n) is 11.3. The number of ether oxygens (including phenoxy) is 2. The van der Waals surface area contributed by atoms with Crippen LogP contribution >= 0.6 is 0 Å². The molecule has 0 radical (unpaired) electrons. The smallest absolute Gasteiger partial charge is 0.349 e. The first-order valence-corrected chi connectivity index (χ1v) is 11.3. The lowest BCUT2D eigenvalue weighted by atomic mass is 10.1. The van der Waals surface area contributed by atoms with Crippen LogP contribution in [0.25, 0.3) is 0 Å². The summed E-state index contributed by atoms with van der Waals surface area (Å²) in [5, 5.41) is 4.46. The number of carbonyl (C=O) groups excluding carboxylic acids is 1. The molecular formula is C26H33N3O4. The molecule has 0 aliphatic heterocycles. The Morgan fingerprint density at radius 3 is 2.39 bits per heavy atom. The Morgan fingerprint density at radius 2 is 1.73 bits per heavy atom. The Balaban J connectivity index is 1.52. The van der Waals surface area contributed by atoms with Crippen LogP contribution in [0.15, 0.2) is 47.3 Å². The van der Waals surface area contributed by atoms with Crippen LogP contribution in [0.4, 0.5) is 0 Å². The van der Waals surface area contributed by atoms with Crippen molar-refractivity contribution in [2.45, 2.75) is 66.0 Å². The molecule has 0 spiro atoms. The van der Waals surface area contributed by atoms with Crippen molar-refractivity contribution >= 4 is 5.97 Å². The van der Waals surface area contributed by atoms with E-state index in [-0.39, 0.29) is 11.7 Å². The van der Waals surface area contributed by atoms with Crippen molar-refractivity contribution in [3.63, 3.8) is 0 Å². The average Bonchev–Trinajstić information content (AvgIpc) is 3.11. The van der Waals surface area contributed by atoms with Gasteiger partial charge in [0.05, 0.1) is 13.2 Å². The van der Waals surface area contributed by atoms with E-state index < -0.39 is 5.60 Å². The van der Waals surface area contributed by atoms with Gasteiger partial charge >= 0.3 is 11.7 Å². The number of esters is 1. The summed E-state index contributed by atoms with van der Waals surface area (Å²) < 4.78 is 12.3. The van der Waals surface area contributed by atoms with Crippen molar-refractivity contribution in [3.05, 3.63) is 81.0 Å². The molecule has 176 valence electrons. The fourth-order valence-electron chi connectivity index (χ4n) is 3.52. The molecule has 0 fully saturated rings. The standard InChI is InChI=1S/C26H33N3O4/c1-6-32-24(30)26(4,5)33-22-14-12-20(13-15-22)8-7-9-23-27-25(31)29(28-23)17-21-11-10-18(2)19(3)16-21/h10-16H,6-9,17H2,1-5H3,(H,27,28,31). The average molecular weight is 452 g/mol. The number of rotatable bonds is 10. The zero-order valence-corrected chi connectivity index (χ0v) is 20.1. The fourth-order valence-corrected chi connectivity index (χ4v) is 3.52. The highest BCUT2D eigenvalue weighted by molar-refractivity contribution is 5.79. The summed E-state index contributed by atoms with van der Waals surface area (Å²) in [6.07, 6.45) is 2.38. The summed E-state index contributed by atoms with van der Waals surface area (Å²) in [4.78, 5) is 27.1. The van der Waals surface area contributed by atoms with Crippen LogP contribution in [0.5, 0.6) is 5.75 Å². The third-order valence-electron chi connectivity index (χ3n) is 5.57. The molecule has 2 aromatic carbocycles. The highest BCUT2D eigenvalue weighted by Crippen LogP contribution is 2.21. The van der Waals surface area contributed by atoms with Crippen molar-refractivity contribution in [1.82, 2.24) is 14.8 Å². The Morgan fingerprint density at radius 1 is 1.03 bits per heavy atom. The lowest BCUT2D eigenvalue weighted by molar-refractivity contribution is -0.158. The van der Waals surface area contributed by atoms with E-state index in [9.17, 15) is 9.59 Å². The number of hydrogen-bond donors (Lipinski definition) is 1. The molecule has 7 nitrogen and oxygen atoms in total. The third-order valence-corrected chi connectivity index (χ3v) is 5.57. The normalized spacial score (nSPS) is 11.4. The molecule has 33 heavy (non-hydrogen) atoms. The SMILES string of the molecule is CCOC(=O)C(C)(C)Oc1ccc(CCCc2nn(Cc3ccc(C)c(C)c3)c(=O)[nH]2)cc1. The van der Waals surface area contributed by atoms with E-state index >= 15 is 0 Å². The van der Waals surface area contributed by atoms with E-state index in [4.69, 9.17) is 9.47 Å². The number of carbonyl (C=O) groups is 1. The monoisotopic (exact) mass is 451 g/mol. The lowest BCUT2D eigenvalue weighted by Gasteiger charge is -2.24. The maximum atomic E-state index is 12.3. The van der Waals surface area contributed by atoms with Crippen molar-refractivity contribution in [3.8, 4) is 5.75 Å². The molecule has 0 atom stereocenters. The van der Waals surface area contributed by atoms with Gasteiger partial charge < -0.3 is 9.47 Å². The Labute approximate surface area is 194 Å². The van der Waals surface area contributed by atoms with Gasteiger partial charge in [0.2, 0.25) is 0 Å². The van der Waals surface area contributed by atoms with Gasteiger partial charge in [0.15, 0.2) is 5.60 Å². The number of aromatic amines is 1. The highest BCUT2D eigenvalue weighted by Gasteiger charge is 2.31. The fraction of sp³-hybridized carbons (Fsp3) is 0.423. The summed E-state index contributed by atoms with van der Waals surface area (Å²) in [6.45, 7) is 10.1. The summed E-state index contributed by atoms with van der Waals surface area (Å²) >= 11 is 0. The molecule has 0 aliphatic rings. The van der Waals surface area contributed by atoms with E-state index in [1.165, 1.54) is 15.8 Å². The quantitative estimate of drug-likeness (QED) is 0.469. The topological polar surface area (TPSA) is 86.2 Å². The minimum atomic E-state index is -1.04. The molecule has 1 heterocycles. The number of H-pyrrole nitrogens is 1. The van der Waals surface area contributed by atoms with Crippen LogP contribution in [0, 0.1) is 13.8 Å². The maximum absolute atomic E-state index is 12.3. The molecule has 3 aromatic rings. The van der Waals surface area contributed by atoms with Crippen LogP contribution in [0.3, 0.4) is 0 Å². The van der Waals surface area contributed by atoms with Crippen molar-refractivity contribution in [2.24, 2.45) is 0 Å². The molecular weight excluding hydrogens is 418 g/mol. The van der Waals surface area contributed by atoms with Gasteiger partial charge in [-0.2, -0.15) is 5.10 Å². The molecule has 1 N–H and O–H groups in total. The molecule has 0 saturated carbocycles. The van der Waals surface area contributed by atoms with Crippen LogP contribution in [0.2, 0.25) is 0 Å². The molecule has 0 aliphatic carbocycles. The van der Waals surface area contributed by atoms with Gasteiger partial charge in [-0.25, -0.2) is 14.3 Å². The summed E-state index contributed by atoms with van der Waals surface area (Å²) in [5.41, 5.74) is 3.42. The van der Waals surface area contributed by atoms with Crippen molar-refractivity contribution < 1.29 is 14.3 Å². The van der Waals surface area contributed by atoms with Gasteiger partial charge in [-0.3, -0.25) is 4.98 Å². The van der Waals surface area contributed by atoms with E-state index in [1.54, 1.807) is 20.8 Å².